The predicted molar refractivity (Wildman–Crippen MR) is 114 cm³/mol. The molecule has 0 saturated carbocycles. The molecule has 1 aliphatic heterocycles. The highest BCUT2D eigenvalue weighted by Gasteiger charge is 2.42. The third-order valence-corrected chi connectivity index (χ3v) is 5.73. The summed E-state index contributed by atoms with van der Waals surface area (Å²) in [7, 11) is 4.04. The Morgan fingerprint density at radius 2 is 1.81 bits per heavy atom. The fraction of sp³-hybridized carbons (Fsp3) is 0.304. The monoisotopic (exact) mass is 378 g/mol. The number of nitriles is 1. The normalized spacial score (nSPS) is 16.3. The zero-order chi connectivity index (χ0) is 19.8. The number of hydrogen-bond acceptors (Lipinski definition) is 2. The third-order valence-electron chi connectivity index (χ3n) is 5.50. The Balaban J connectivity index is 1.87. The van der Waals surface area contributed by atoms with Gasteiger partial charge in [-0.05, 0) is 56.7 Å². The van der Waals surface area contributed by atoms with Crippen LogP contribution >= 0.6 is 11.6 Å². The average molecular weight is 379 g/mol. The number of anilines is 1. The summed E-state index contributed by atoms with van der Waals surface area (Å²) in [5.41, 5.74) is 5.75. The van der Waals surface area contributed by atoms with E-state index in [4.69, 9.17) is 16.9 Å². The van der Waals surface area contributed by atoms with Crippen LogP contribution in [0.3, 0.4) is 0 Å². The minimum Gasteiger partial charge on any atom is -0.359 e. The molecular weight excluding hydrogens is 354 g/mol. The van der Waals surface area contributed by atoms with Crippen molar-refractivity contribution in [3.05, 3.63) is 64.7 Å². The summed E-state index contributed by atoms with van der Waals surface area (Å²) in [6.07, 6.45) is 4.32. The highest BCUT2D eigenvalue weighted by Crippen LogP contribution is 2.40. The van der Waals surface area contributed by atoms with E-state index in [-0.39, 0.29) is 11.5 Å². The molecule has 1 unspecified atom stereocenters. The summed E-state index contributed by atoms with van der Waals surface area (Å²) < 4.78 is 2.24. The molecule has 2 aromatic carbocycles. The number of rotatable bonds is 4. The molecule has 3 nitrogen and oxygen atoms in total. The van der Waals surface area contributed by atoms with Crippen molar-refractivity contribution in [2.45, 2.75) is 32.2 Å². The molecule has 0 radical (unpaired) electrons. The maximum atomic E-state index is 9.07. The lowest BCUT2D eigenvalue weighted by atomic mass is 9.81. The summed E-state index contributed by atoms with van der Waals surface area (Å²) in [6.45, 7) is 6.35. The average Bonchev–Trinajstić information content (AvgIpc) is 2.84. The topological polar surface area (TPSA) is 30.0 Å². The number of nitrogens with zero attached hydrogens (tertiary/aromatic N) is 3. The zero-order valence-electron chi connectivity index (χ0n) is 16.5. The number of benzene rings is 2. The van der Waals surface area contributed by atoms with Crippen molar-refractivity contribution in [1.82, 2.24) is 0 Å². The Labute approximate surface area is 166 Å². The minimum absolute atomic E-state index is 0.103. The Hall–Kier alpha value is -2.57. The Morgan fingerprint density at radius 3 is 2.44 bits per heavy atom. The molecule has 1 atom stereocenters. The number of halogens is 1. The molecule has 0 aliphatic carbocycles. The largest absolute Gasteiger partial charge is 0.359 e. The first kappa shape index (κ1) is 19.2. The second-order valence-corrected chi connectivity index (χ2v) is 8.01. The van der Waals surface area contributed by atoms with E-state index in [9.17, 15) is 0 Å². The van der Waals surface area contributed by atoms with Crippen LogP contribution in [0.4, 0.5) is 11.4 Å². The van der Waals surface area contributed by atoms with Gasteiger partial charge in [-0.1, -0.05) is 23.7 Å². The van der Waals surface area contributed by atoms with Gasteiger partial charge in [-0.3, -0.25) is 0 Å². The van der Waals surface area contributed by atoms with Crippen LogP contribution in [-0.2, 0) is 5.41 Å². The molecule has 1 heterocycles. The maximum absolute atomic E-state index is 9.07. The standard InChI is InChI=1S/C23H25ClN3/c1-16(15-25)26(4)19-10-6-17(7-11-19)8-13-22-23(2,3)20-14-18(24)9-12-21(20)27(22)5/h6-14,16H,1-5H3/q+1. The van der Waals surface area contributed by atoms with Gasteiger partial charge in [0, 0.05) is 35.5 Å². The Kier molecular flexibility index (Phi) is 5.13. The van der Waals surface area contributed by atoms with Crippen LogP contribution in [0.2, 0.25) is 5.02 Å². The van der Waals surface area contributed by atoms with E-state index in [1.807, 2.05) is 24.9 Å². The Bertz CT molecular complexity index is 962. The predicted octanol–water partition coefficient (Wildman–Crippen LogP) is 5.41. The molecule has 0 fully saturated rings. The summed E-state index contributed by atoms with van der Waals surface area (Å²) in [4.78, 5) is 1.97. The summed E-state index contributed by atoms with van der Waals surface area (Å²) in [5.74, 6) is 0. The lowest BCUT2D eigenvalue weighted by molar-refractivity contribution is -0.401. The van der Waals surface area contributed by atoms with Gasteiger partial charge in [-0.2, -0.15) is 9.84 Å². The smallest absolute Gasteiger partial charge is 0.209 e. The highest BCUT2D eigenvalue weighted by molar-refractivity contribution is 6.30. The molecular formula is C23H25ClN3+. The Morgan fingerprint density at radius 1 is 1.15 bits per heavy atom. The maximum Gasteiger partial charge on any atom is 0.209 e. The van der Waals surface area contributed by atoms with Crippen LogP contribution in [0.25, 0.3) is 6.08 Å². The van der Waals surface area contributed by atoms with Gasteiger partial charge >= 0.3 is 0 Å². The van der Waals surface area contributed by atoms with E-state index >= 15 is 0 Å². The second-order valence-electron chi connectivity index (χ2n) is 7.57. The van der Waals surface area contributed by atoms with Crippen LogP contribution in [0.15, 0.2) is 48.5 Å². The molecule has 0 spiro atoms. The van der Waals surface area contributed by atoms with Crippen LogP contribution < -0.4 is 4.90 Å². The van der Waals surface area contributed by atoms with Gasteiger partial charge in [0.05, 0.1) is 11.5 Å². The van der Waals surface area contributed by atoms with Crippen LogP contribution in [-0.4, -0.2) is 30.4 Å². The first-order valence-electron chi connectivity index (χ1n) is 9.07. The fourth-order valence-electron chi connectivity index (χ4n) is 3.61. The minimum atomic E-state index is -0.153. The van der Waals surface area contributed by atoms with E-state index in [0.717, 1.165) is 16.3 Å². The first-order chi connectivity index (χ1) is 12.8. The molecule has 4 heteroatoms. The zero-order valence-corrected chi connectivity index (χ0v) is 17.2. The number of hydrogen-bond donors (Lipinski definition) is 0. The molecule has 2 aromatic rings. The molecule has 27 heavy (non-hydrogen) atoms. The van der Waals surface area contributed by atoms with Crippen LogP contribution in [0.1, 0.15) is 31.9 Å². The van der Waals surface area contributed by atoms with E-state index in [0.29, 0.717) is 0 Å². The van der Waals surface area contributed by atoms with Gasteiger partial charge in [-0.25, -0.2) is 0 Å². The second kappa shape index (κ2) is 7.21. The summed E-state index contributed by atoms with van der Waals surface area (Å²) in [6, 6.07) is 16.5. The van der Waals surface area contributed by atoms with E-state index < -0.39 is 0 Å². The van der Waals surface area contributed by atoms with Gasteiger partial charge in [0.15, 0.2) is 5.71 Å². The summed E-state index contributed by atoms with van der Waals surface area (Å²) >= 11 is 6.22. The van der Waals surface area contributed by atoms with Crippen molar-refractivity contribution in [2.24, 2.45) is 0 Å². The van der Waals surface area contributed by atoms with E-state index in [2.05, 4.69) is 80.1 Å². The van der Waals surface area contributed by atoms with Gasteiger partial charge in [-0.15, -0.1) is 0 Å². The van der Waals surface area contributed by atoms with Crippen LogP contribution in [0.5, 0.6) is 0 Å². The molecule has 138 valence electrons. The van der Waals surface area contributed by atoms with Gasteiger partial charge in [0.2, 0.25) is 5.69 Å². The van der Waals surface area contributed by atoms with Crippen molar-refractivity contribution in [3.63, 3.8) is 0 Å². The van der Waals surface area contributed by atoms with Crippen molar-refractivity contribution in [2.75, 3.05) is 19.0 Å². The van der Waals surface area contributed by atoms with Crippen molar-refractivity contribution >= 4 is 34.8 Å². The number of allylic oxidation sites excluding steroid dienone is 1. The molecule has 0 saturated heterocycles. The lowest BCUT2D eigenvalue weighted by Gasteiger charge is -2.21. The third kappa shape index (κ3) is 3.50. The van der Waals surface area contributed by atoms with Crippen LogP contribution in [0, 0.1) is 11.3 Å². The van der Waals surface area contributed by atoms with Gasteiger partial charge in [0.25, 0.3) is 0 Å². The molecule has 1 aliphatic rings. The molecule has 0 N–H and O–H groups in total. The van der Waals surface area contributed by atoms with Gasteiger partial charge < -0.3 is 4.90 Å². The van der Waals surface area contributed by atoms with E-state index in [1.54, 1.807) is 0 Å². The summed E-state index contributed by atoms with van der Waals surface area (Å²) in [5, 5.41) is 9.84. The molecule has 0 bridgehead atoms. The SMILES string of the molecule is CC(C#N)N(C)c1ccc(/C=C/C2=[N+](C)c3ccc(Cl)cc3C2(C)C)cc1. The van der Waals surface area contributed by atoms with Crippen molar-refractivity contribution in [3.8, 4) is 6.07 Å². The van der Waals surface area contributed by atoms with Gasteiger partial charge in [0.1, 0.15) is 13.1 Å². The molecule has 0 aromatic heterocycles. The first-order valence-corrected chi connectivity index (χ1v) is 9.45. The van der Waals surface area contributed by atoms with Crippen molar-refractivity contribution in [1.29, 1.82) is 5.26 Å². The number of fused-ring (bicyclic) bond motifs is 1. The molecule has 0 amide bonds. The lowest BCUT2D eigenvalue weighted by Crippen LogP contribution is -2.27. The quantitative estimate of drug-likeness (QED) is 0.666. The van der Waals surface area contributed by atoms with E-state index in [1.165, 1.54) is 17.0 Å². The fourth-order valence-corrected chi connectivity index (χ4v) is 3.79. The van der Waals surface area contributed by atoms with Crippen molar-refractivity contribution < 1.29 is 4.58 Å². The highest BCUT2D eigenvalue weighted by atomic mass is 35.5. The molecule has 3 rings (SSSR count).